The Kier molecular flexibility index (Phi) is 3.06. The standard InChI is InChI=1S/C11H7F5N2/c12-8-2-1-3-9(13)7(8)4-6-5-17-18-10(6)11(14,15)16/h1-3,5H,4H2,(H,17,18). The molecule has 2 aromatic rings. The first-order valence-electron chi connectivity index (χ1n) is 4.92. The third-order valence-electron chi connectivity index (χ3n) is 2.43. The molecule has 0 atom stereocenters. The van der Waals surface area contributed by atoms with Crippen molar-refractivity contribution in [2.45, 2.75) is 12.6 Å². The van der Waals surface area contributed by atoms with E-state index in [-0.39, 0.29) is 5.56 Å². The fraction of sp³-hybridized carbons (Fsp3) is 0.182. The van der Waals surface area contributed by atoms with E-state index in [0.29, 0.717) is 0 Å². The predicted molar refractivity (Wildman–Crippen MR) is 52.8 cm³/mol. The molecule has 0 aliphatic carbocycles. The largest absolute Gasteiger partial charge is 0.433 e. The molecule has 0 amide bonds. The molecule has 0 saturated carbocycles. The van der Waals surface area contributed by atoms with Gasteiger partial charge >= 0.3 is 6.18 Å². The molecule has 0 radical (unpaired) electrons. The van der Waals surface area contributed by atoms with Gasteiger partial charge in [-0.1, -0.05) is 6.07 Å². The van der Waals surface area contributed by atoms with Gasteiger partial charge in [-0.3, -0.25) is 5.10 Å². The van der Waals surface area contributed by atoms with Gasteiger partial charge in [0.15, 0.2) is 0 Å². The molecule has 1 heterocycles. The van der Waals surface area contributed by atoms with Crippen molar-refractivity contribution in [2.24, 2.45) is 0 Å². The van der Waals surface area contributed by atoms with Crippen LogP contribution in [-0.2, 0) is 12.6 Å². The van der Waals surface area contributed by atoms with Gasteiger partial charge in [0.25, 0.3) is 0 Å². The molecule has 1 N–H and O–H groups in total. The number of aromatic nitrogens is 2. The van der Waals surface area contributed by atoms with E-state index in [0.717, 1.165) is 24.4 Å². The SMILES string of the molecule is Fc1cccc(F)c1Cc1cn[nH]c1C(F)(F)F. The van der Waals surface area contributed by atoms with Crippen LogP contribution in [-0.4, -0.2) is 10.2 Å². The van der Waals surface area contributed by atoms with Crippen molar-refractivity contribution in [1.29, 1.82) is 0 Å². The van der Waals surface area contributed by atoms with Crippen LogP contribution >= 0.6 is 0 Å². The summed E-state index contributed by atoms with van der Waals surface area (Å²) in [5.74, 6) is -1.77. The van der Waals surface area contributed by atoms with Crippen LogP contribution in [0.2, 0.25) is 0 Å². The van der Waals surface area contributed by atoms with Crippen LogP contribution < -0.4 is 0 Å². The van der Waals surface area contributed by atoms with Gasteiger partial charge in [-0.25, -0.2) is 8.78 Å². The van der Waals surface area contributed by atoms with E-state index in [1.165, 1.54) is 0 Å². The first kappa shape index (κ1) is 12.5. The van der Waals surface area contributed by atoms with Crippen LogP contribution in [0.15, 0.2) is 24.4 Å². The lowest BCUT2D eigenvalue weighted by molar-refractivity contribution is -0.141. The molecule has 18 heavy (non-hydrogen) atoms. The summed E-state index contributed by atoms with van der Waals surface area (Å²) < 4.78 is 64.2. The Morgan fingerprint density at radius 2 is 1.72 bits per heavy atom. The highest BCUT2D eigenvalue weighted by molar-refractivity contribution is 5.30. The minimum Gasteiger partial charge on any atom is -0.273 e. The van der Waals surface area contributed by atoms with Gasteiger partial charge in [0, 0.05) is 17.5 Å². The van der Waals surface area contributed by atoms with Crippen LogP contribution in [0.1, 0.15) is 16.8 Å². The average Bonchev–Trinajstić information content (AvgIpc) is 2.71. The van der Waals surface area contributed by atoms with E-state index in [1.807, 2.05) is 0 Å². The number of nitrogens with zero attached hydrogens (tertiary/aromatic N) is 1. The Morgan fingerprint density at radius 1 is 1.11 bits per heavy atom. The molecule has 7 heteroatoms. The Hall–Kier alpha value is -1.92. The third kappa shape index (κ3) is 2.34. The Labute approximate surface area is 98.4 Å². The maximum Gasteiger partial charge on any atom is 0.433 e. The van der Waals surface area contributed by atoms with E-state index in [1.54, 1.807) is 5.10 Å². The molecular weight excluding hydrogens is 255 g/mol. The van der Waals surface area contributed by atoms with Gasteiger partial charge in [-0.15, -0.1) is 0 Å². The third-order valence-corrected chi connectivity index (χ3v) is 2.43. The maximum absolute atomic E-state index is 13.3. The summed E-state index contributed by atoms with van der Waals surface area (Å²) in [6.07, 6.45) is -4.23. The number of halogens is 5. The second-order valence-electron chi connectivity index (χ2n) is 3.64. The van der Waals surface area contributed by atoms with E-state index in [9.17, 15) is 22.0 Å². The fourth-order valence-electron chi connectivity index (χ4n) is 1.58. The van der Waals surface area contributed by atoms with Crippen molar-refractivity contribution in [3.63, 3.8) is 0 Å². The molecule has 2 rings (SSSR count). The quantitative estimate of drug-likeness (QED) is 0.826. The molecule has 0 spiro atoms. The Morgan fingerprint density at radius 3 is 2.28 bits per heavy atom. The van der Waals surface area contributed by atoms with E-state index in [4.69, 9.17) is 0 Å². The lowest BCUT2D eigenvalue weighted by Gasteiger charge is -2.08. The number of nitrogens with one attached hydrogen (secondary N) is 1. The van der Waals surface area contributed by atoms with Crippen LogP contribution in [0.3, 0.4) is 0 Å². The molecule has 1 aromatic heterocycles. The summed E-state index contributed by atoms with van der Waals surface area (Å²) in [4.78, 5) is 0. The molecule has 0 unspecified atom stereocenters. The summed E-state index contributed by atoms with van der Waals surface area (Å²) >= 11 is 0. The van der Waals surface area contributed by atoms with Gasteiger partial charge < -0.3 is 0 Å². The number of hydrogen-bond acceptors (Lipinski definition) is 1. The number of hydrogen-bond donors (Lipinski definition) is 1. The van der Waals surface area contributed by atoms with Crippen LogP contribution in [0.5, 0.6) is 0 Å². The van der Waals surface area contributed by atoms with E-state index >= 15 is 0 Å². The molecule has 96 valence electrons. The summed E-state index contributed by atoms with van der Waals surface area (Å²) in [6.45, 7) is 0. The molecular formula is C11H7F5N2. The van der Waals surface area contributed by atoms with Crippen molar-refractivity contribution in [3.8, 4) is 0 Å². The summed E-state index contributed by atoms with van der Waals surface area (Å²) in [5, 5.41) is 5.04. The van der Waals surface area contributed by atoms with Crippen LogP contribution in [0.25, 0.3) is 0 Å². The smallest absolute Gasteiger partial charge is 0.273 e. The normalized spacial score (nSPS) is 11.8. The van der Waals surface area contributed by atoms with Crippen LogP contribution in [0.4, 0.5) is 22.0 Å². The number of aromatic amines is 1. The second kappa shape index (κ2) is 4.40. The molecule has 0 aliphatic heterocycles. The highest BCUT2D eigenvalue weighted by Gasteiger charge is 2.35. The minimum atomic E-state index is -4.63. The number of H-pyrrole nitrogens is 1. The minimum absolute atomic E-state index is 0.300. The summed E-state index contributed by atoms with van der Waals surface area (Å²) in [5.41, 5.74) is -1.80. The van der Waals surface area contributed by atoms with Crippen LogP contribution in [0, 0.1) is 11.6 Å². The summed E-state index contributed by atoms with van der Waals surface area (Å²) in [7, 11) is 0. The van der Waals surface area contributed by atoms with Crippen molar-refractivity contribution in [1.82, 2.24) is 10.2 Å². The van der Waals surface area contributed by atoms with Crippen molar-refractivity contribution in [3.05, 3.63) is 52.9 Å². The second-order valence-corrected chi connectivity index (χ2v) is 3.64. The van der Waals surface area contributed by atoms with Gasteiger partial charge in [-0.05, 0) is 12.1 Å². The maximum atomic E-state index is 13.3. The topological polar surface area (TPSA) is 28.7 Å². The zero-order chi connectivity index (χ0) is 13.3. The molecule has 0 fully saturated rings. The van der Waals surface area contributed by atoms with Gasteiger partial charge in [0.05, 0.1) is 6.20 Å². The zero-order valence-corrected chi connectivity index (χ0v) is 8.85. The van der Waals surface area contributed by atoms with Gasteiger partial charge in [-0.2, -0.15) is 18.3 Å². The zero-order valence-electron chi connectivity index (χ0n) is 8.85. The van der Waals surface area contributed by atoms with Crippen molar-refractivity contribution in [2.75, 3.05) is 0 Å². The van der Waals surface area contributed by atoms with Crippen molar-refractivity contribution >= 4 is 0 Å². The average molecular weight is 262 g/mol. The lowest BCUT2D eigenvalue weighted by atomic mass is 10.0. The molecule has 0 aliphatic rings. The van der Waals surface area contributed by atoms with Gasteiger partial charge in [0.1, 0.15) is 17.3 Å². The van der Waals surface area contributed by atoms with E-state index in [2.05, 4.69) is 5.10 Å². The molecule has 0 saturated heterocycles. The predicted octanol–water partition coefficient (Wildman–Crippen LogP) is 3.30. The Bertz CT molecular complexity index is 539. The lowest BCUT2D eigenvalue weighted by Crippen LogP contribution is -2.10. The molecule has 1 aromatic carbocycles. The monoisotopic (exact) mass is 262 g/mol. The van der Waals surface area contributed by atoms with Gasteiger partial charge in [0.2, 0.25) is 0 Å². The van der Waals surface area contributed by atoms with Crippen molar-refractivity contribution < 1.29 is 22.0 Å². The first-order valence-corrected chi connectivity index (χ1v) is 4.92. The van der Waals surface area contributed by atoms with E-state index < -0.39 is 35.5 Å². The number of alkyl halides is 3. The highest BCUT2D eigenvalue weighted by Crippen LogP contribution is 2.31. The fourth-order valence-corrected chi connectivity index (χ4v) is 1.58. The number of rotatable bonds is 2. The molecule has 2 nitrogen and oxygen atoms in total. The highest BCUT2D eigenvalue weighted by atomic mass is 19.4. The first-order chi connectivity index (χ1) is 8.39. The molecule has 0 bridgehead atoms. The number of benzene rings is 1. The summed E-state index contributed by atoms with van der Waals surface area (Å²) in [6, 6.07) is 3.13. The Balaban J connectivity index is 2.39.